The minimum absolute atomic E-state index is 0.204. The smallest absolute Gasteiger partial charge is 0.349 e. The van der Waals surface area contributed by atoms with Gasteiger partial charge in [-0.2, -0.15) is 10.4 Å². The van der Waals surface area contributed by atoms with Gasteiger partial charge in [-0.05, 0) is 42.0 Å². The molecule has 3 aromatic carbocycles. The number of benzene rings is 3. The van der Waals surface area contributed by atoms with Crippen LogP contribution in [0.5, 0.6) is 11.5 Å². The summed E-state index contributed by atoms with van der Waals surface area (Å²) in [6.07, 6.45) is 1.39. The van der Waals surface area contributed by atoms with Crippen LogP contribution in [0.4, 0.5) is 0 Å². The Morgan fingerprint density at radius 2 is 1.84 bits per heavy atom. The lowest BCUT2D eigenvalue weighted by Crippen LogP contribution is -2.32. The highest BCUT2D eigenvalue weighted by Crippen LogP contribution is 2.28. The van der Waals surface area contributed by atoms with Crippen molar-refractivity contribution in [2.75, 3.05) is 7.11 Å². The van der Waals surface area contributed by atoms with Crippen LogP contribution in [0.1, 0.15) is 16.7 Å². The first-order chi connectivity index (χ1) is 15.6. The Labute approximate surface area is 182 Å². The van der Waals surface area contributed by atoms with Crippen LogP contribution >= 0.6 is 0 Å². The van der Waals surface area contributed by atoms with E-state index in [0.29, 0.717) is 33.5 Å². The first-order valence-electron chi connectivity index (χ1n) is 9.68. The Morgan fingerprint density at radius 3 is 2.66 bits per heavy atom. The minimum atomic E-state index is -0.631. The lowest BCUT2D eigenvalue weighted by molar-refractivity contribution is 0.284. The molecule has 0 radical (unpaired) electrons. The molecule has 0 atom stereocenters. The Morgan fingerprint density at radius 1 is 1.06 bits per heavy atom. The molecular weight excluding hydrogens is 408 g/mol. The van der Waals surface area contributed by atoms with Crippen LogP contribution in [0.2, 0.25) is 0 Å². The van der Waals surface area contributed by atoms with Gasteiger partial charge in [0.15, 0.2) is 11.5 Å². The van der Waals surface area contributed by atoms with Crippen LogP contribution < -0.4 is 20.7 Å². The van der Waals surface area contributed by atoms with Gasteiger partial charge < -0.3 is 14.5 Å². The predicted molar refractivity (Wildman–Crippen MR) is 120 cm³/mol. The summed E-state index contributed by atoms with van der Waals surface area (Å²) >= 11 is 0. The second-order valence-corrected chi connectivity index (χ2v) is 6.81. The third-order valence-electron chi connectivity index (χ3n) is 4.81. The molecule has 0 bridgehead atoms. The maximum atomic E-state index is 12.6. The predicted octanol–water partition coefficient (Wildman–Crippen LogP) is 3.03. The van der Waals surface area contributed by atoms with Crippen molar-refractivity contribution in [3.8, 4) is 17.6 Å². The number of nitrogens with one attached hydrogen (secondary N) is 1. The number of ether oxygens (including phenoxy) is 2. The van der Waals surface area contributed by atoms with E-state index in [0.717, 1.165) is 10.2 Å². The number of para-hydroxylation sites is 1. The summed E-state index contributed by atoms with van der Waals surface area (Å²) in [7, 11) is 1.50. The fourth-order valence-corrected chi connectivity index (χ4v) is 3.18. The van der Waals surface area contributed by atoms with Crippen molar-refractivity contribution in [3.63, 3.8) is 0 Å². The maximum absolute atomic E-state index is 12.6. The number of fused-ring (bicyclic) bond motifs is 1. The molecule has 1 aromatic heterocycles. The number of methoxy groups -OCH3 is 1. The lowest BCUT2D eigenvalue weighted by atomic mass is 10.1. The fourth-order valence-electron chi connectivity index (χ4n) is 3.18. The molecule has 4 rings (SSSR count). The molecule has 0 aliphatic heterocycles. The second-order valence-electron chi connectivity index (χ2n) is 6.81. The van der Waals surface area contributed by atoms with Crippen LogP contribution in [-0.4, -0.2) is 23.0 Å². The molecule has 0 saturated carbocycles. The van der Waals surface area contributed by atoms with Gasteiger partial charge in [-0.25, -0.2) is 4.79 Å². The second kappa shape index (κ2) is 9.02. The van der Waals surface area contributed by atoms with E-state index in [1.165, 1.54) is 13.3 Å². The van der Waals surface area contributed by atoms with Gasteiger partial charge >= 0.3 is 5.69 Å². The van der Waals surface area contributed by atoms with E-state index in [1.54, 1.807) is 54.6 Å². The highest BCUT2D eigenvalue weighted by molar-refractivity contribution is 5.81. The molecule has 1 N–H and O–H groups in total. The normalized spacial score (nSPS) is 10.9. The topological polar surface area (TPSA) is 109 Å². The summed E-state index contributed by atoms with van der Waals surface area (Å²) < 4.78 is 12.0. The van der Waals surface area contributed by atoms with E-state index in [2.05, 4.69) is 16.2 Å². The molecule has 0 saturated heterocycles. The van der Waals surface area contributed by atoms with Crippen LogP contribution in [0, 0.1) is 11.3 Å². The van der Waals surface area contributed by atoms with Gasteiger partial charge in [0.1, 0.15) is 6.61 Å². The fraction of sp³-hybridized carbons (Fsp3) is 0.0833. The van der Waals surface area contributed by atoms with E-state index in [9.17, 15) is 14.9 Å². The van der Waals surface area contributed by atoms with Crippen molar-refractivity contribution >= 4 is 17.1 Å². The minimum Gasteiger partial charge on any atom is -0.493 e. The molecule has 1 heterocycles. The Hall–Kier alpha value is -4.64. The van der Waals surface area contributed by atoms with E-state index in [-0.39, 0.29) is 6.61 Å². The van der Waals surface area contributed by atoms with Crippen LogP contribution in [0.15, 0.2) is 81.4 Å². The summed E-state index contributed by atoms with van der Waals surface area (Å²) in [6, 6.07) is 21.2. The summed E-state index contributed by atoms with van der Waals surface area (Å²) in [5.74, 6) is 0.932. The first kappa shape index (κ1) is 20.6. The van der Waals surface area contributed by atoms with E-state index in [1.807, 2.05) is 12.1 Å². The number of aromatic amines is 1. The summed E-state index contributed by atoms with van der Waals surface area (Å²) in [4.78, 5) is 27.5. The molecule has 0 spiro atoms. The number of aromatic nitrogens is 2. The summed E-state index contributed by atoms with van der Waals surface area (Å²) in [5.41, 5.74) is 1.22. The zero-order valence-electron chi connectivity index (χ0n) is 17.1. The van der Waals surface area contributed by atoms with Crippen molar-refractivity contribution in [1.82, 2.24) is 9.66 Å². The van der Waals surface area contributed by atoms with Crippen molar-refractivity contribution in [1.29, 1.82) is 5.26 Å². The zero-order chi connectivity index (χ0) is 22.5. The molecule has 158 valence electrons. The molecule has 0 fully saturated rings. The standard InChI is InChI=1S/C24H18N4O4/c1-31-22-12-16(10-11-21(22)32-15-18-7-3-2-6-17(18)13-25)14-26-28-23(29)19-8-4-5-9-20(19)27-24(28)30/h2-12,14H,15H2,1H3,(H,27,30). The van der Waals surface area contributed by atoms with Crippen LogP contribution in [-0.2, 0) is 6.61 Å². The highest BCUT2D eigenvalue weighted by atomic mass is 16.5. The number of nitriles is 1. The first-order valence-corrected chi connectivity index (χ1v) is 9.68. The quantitative estimate of drug-likeness (QED) is 0.477. The van der Waals surface area contributed by atoms with Gasteiger partial charge in [0, 0.05) is 5.56 Å². The number of hydrogen-bond acceptors (Lipinski definition) is 6. The van der Waals surface area contributed by atoms with Crippen molar-refractivity contribution in [3.05, 3.63) is 104 Å². The number of nitrogens with zero attached hydrogens (tertiary/aromatic N) is 3. The van der Waals surface area contributed by atoms with Gasteiger partial charge in [-0.3, -0.25) is 4.79 Å². The van der Waals surface area contributed by atoms with Crippen LogP contribution in [0.3, 0.4) is 0 Å². The number of hydrogen-bond donors (Lipinski definition) is 1. The van der Waals surface area contributed by atoms with E-state index in [4.69, 9.17) is 9.47 Å². The average molecular weight is 426 g/mol. The molecule has 8 heteroatoms. The molecular formula is C24H18N4O4. The molecule has 32 heavy (non-hydrogen) atoms. The Kier molecular flexibility index (Phi) is 5.81. The van der Waals surface area contributed by atoms with Crippen molar-refractivity contribution in [2.24, 2.45) is 5.10 Å². The van der Waals surface area contributed by atoms with Gasteiger partial charge in [-0.15, -0.1) is 4.68 Å². The number of H-pyrrole nitrogens is 1. The average Bonchev–Trinajstić information content (AvgIpc) is 2.83. The molecule has 0 aliphatic carbocycles. The number of rotatable bonds is 6. The SMILES string of the molecule is COc1cc(C=Nn2c(=O)[nH]c3ccccc3c2=O)ccc1OCc1ccccc1C#N. The summed E-state index contributed by atoms with van der Waals surface area (Å²) in [6.45, 7) is 0.204. The molecule has 0 aliphatic rings. The van der Waals surface area contributed by atoms with Gasteiger partial charge in [0.25, 0.3) is 5.56 Å². The van der Waals surface area contributed by atoms with Crippen LogP contribution in [0.25, 0.3) is 10.9 Å². The van der Waals surface area contributed by atoms with E-state index < -0.39 is 11.2 Å². The van der Waals surface area contributed by atoms with Gasteiger partial charge in [0.05, 0.1) is 35.9 Å². The highest BCUT2D eigenvalue weighted by Gasteiger charge is 2.09. The molecule has 8 nitrogen and oxygen atoms in total. The Balaban J connectivity index is 1.59. The zero-order valence-corrected chi connectivity index (χ0v) is 17.1. The third kappa shape index (κ3) is 4.13. The molecule has 0 amide bonds. The monoisotopic (exact) mass is 426 g/mol. The summed E-state index contributed by atoms with van der Waals surface area (Å²) in [5, 5.41) is 13.6. The van der Waals surface area contributed by atoms with Gasteiger partial charge in [-0.1, -0.05) is 30.3 Å². The molecule has 4 aromatic rings. The maximum Gasteiger partial charge on any atom is 0.349 e. The Bertz CT molecular complexity index is 1480. The van der Waals surface area contributed by atoms with E-state index >= 15 is 0 Å². The van der Waals surface area contributed by atoms with Gasteiger partial charge in [0.2, 0.25) is 0 Å². The lowest BCUT2D eigenvalue weighted by Gasteiger charge is -2.12. The third-order valence-corrected chi connectivity index (χ3v) is 4.81. The van der Waals surface area contributed by atoms with Crippen molar-refractivity contribution in [2.45, 2.75) is 6.61 Å². The largest absolute Gasteiger partial charge is 0.493 e. The van der Waals surface area contributed by atoms with Crippen molar-refractivity contribution < 1.29 is 9.47 Å². The molecule has 0 unspecified atom stereocenters.